The Morgan fingerprint density at radius 2 is 1.65 bits per heavy atom. The van der Waals surface area contributed by atoms with Gasteiger partial charge in [-0.05, 0) is 78.8 Å². The number of nitrogens with zero attached hydrogens (tertiary/aromatic N) is 2. The Kier molecular flexibility index (Phi) is 8.82. The van der Waals surface area contributed by atoms with E-state index in [0.717, 1.165) is 35.6 Å². The van der Waals surface area contributed by atoms with Crippen molar-refractivity contribution in [2.45, 2.75) is 6.92 Å². The minimum Gasteiger partial charge on any atom is -0.368 e. The van der Waals surface area contributed by atoms with Crippen LogP contribution < -0.4 is 15.5 Å². The highest BCUT2D eigenvalue weighted by Crippen LogP contribution is 2.22. The fourth-order valence-electron chi connectivity index (χ4n) is 4.02. The Hall–Kier alpha value is -3.39. The first kappa shape index (κ1) is 26.7. The molecule has 1 aliphatic rings. The monoisotopic (exact) mass is 552 g/mol. The first-order valence-corrected chi connectivity index (χ1v) is 12.9. The Bertz CT molecular complexity index is 1340. The Morgan fingerprint density at radius 1 is 0.946 bits per heavy atom. The third-order valence-corrected chi connectivity index (χ3v) is 6.81. The molecule has 1 heterocycles. The lowest BCUT2D eigenvalue weighted by Crippen LogP contribution is -2.48. The number of nitrogens with one attached hydrogen (secondary N) is 2. The van der Waals surface area contributed by atoms with E-state index in [9.17, 15) is 9.59 Å². The van der Waals surface area contributed by atoms with Crippen molar-refractivity contribution >= 4 is 69.8 Å². The van der Waals surface area contributed by atoms with Crippen molar-refractivity contribution < 1.29 is 9.59 Å². The highest BCUT2D eigenvalue weighted by molar-refractivity contribution is 7.80. The molecule has 2 N–H and O–H groups in total. The van der Waals surface area contributed by atoms with Gasteiger partial charge in [-0.15, -0.1) is 0 Å². The molecule has 0 aromatic heterocycles. The van der Waals surface area contributed by atoms with Gasteiger partial charge in [0.25, 0.3) is 5.91 Å². The number of aryl methyl sites for hydroxylation is 1. The van der Waals surface area contributed by atoms with Gasteiger partial charge in [-0.25, -0.2) is 0 Å². The number of carbonyl (C=O) groups excluding carboxylic acids is 2. The number of amides is 2. The number of thiocarbonyl (C=S) groups is 1. The maximum absolute atomic E-state index is 12.9. The van der Waals surface area contributed by atoms with Crippen LogP contribution in [0.5, 0.6) is 0 Å². The summed E-state index contributed by atoms with van der Waals surface area (Å²) in [6.45, 7) is 4.80. The van der Waals surface area contributed by atoms with Crippen molar-refractivity contribution in [3.8, 4) is 0 Å². The van der Waals surface area contributed by atoms with Crippen molar-refractivity contribution in [3.63, 3.8) is 0 Å². The number of carbonyl (C=O) groups is 2. The summed E-state index contributed by atoms with van der Waals surface area (Å²) >= 11 is 17.3. The number of hydrogen-bond donors (Lipinski definition) is 2. The zero-order valence-corrected chi connectivity index (χ0v) is 22.5. The van der Waals surface area contributed by atoms with Crippen LogP contribution in [0.15, 0.2) is 72.8 Å². The number of halogens is 2. The lowest BCUT2D eigenvalue weighted by Gasteiger charge is -2.36. The van der Waals surface area contributed by atoms with E-state index in [1.165, 1.54) is 6.08 Å². The average Bonchev–Trinajstić information content (AvgIpc) is 2.88. The van der Waals surface area contributed by atoms with Gasteiger partial charge in [-0.3, -0.25) is 14.9 Å². The van der Waals surface area contributed by atoms with Gasteiger partial charge in [0.15, 0.2) is 5.11 Å². The van der Waals surface area contributed by atoms with Gasteiger partial charge in [-0.1, -0.05) is 47.5 Å². The molecule has 0 atom stereocenters. The lowest BCUT2D eigenvalue weighted by atomic mass is 10.1. The maximum atomic E-state index is 12.9. The normalized spacial score (nSPS) is 13.5. The van der Waals surface area contributed by atoms with Gasteiger partial charge in [0.05, 0.1) is 0 Å². The molecule has 3 aromatic rings. The largest absolute Gasteiger partial charge is 0.368 e. The van der Waals surface area contributed by atoms with Gasteiger partial charge in [-0.2, -0.15) is 0 Å². The number of hydrogen-bond acceptors (Lipinski definition) is 4. The van der Waals surface area contributed by atoms with E-state index < -0.39 is 0 Å². The van der Waals surface area contributed by atoms with Crippen molar-refractivity contribution in [2.75, 3.05) is 36.4 Å². The first-order chi connectivity index (χ1) is 17.8. The maximum Gasteiger partial charge on any atom is 0.254 e. The second-order valence-corrected chi connectivity index (χ2v) is 9.84. The molecule has 1 aliphatic heterocycles. The van der Waals surface area contributed by atoms with E-state index in [1.54, 1.807) is 24.3 Å². The van der Waals surface area contributed by atoms with Crippen LogP contribution in [0.25, 0.3) is 6.08 Å². The molecule has 190 valence electrons. The lowest BCUT2D eigenvalue weighted by molar-refractivity contribution is -0.115. The number of anilines is 2. The standard InChI is InChI=1S/C28H26Cl2N4O2S/c1-19-4-2-3-5-24(19)27(36)34-16-14-33(15-17-34)23-11-9-22(10-12-23)31-28(37)32-26(35)13-7-20-6-8-21(29)18-25(20)30/h2-13,18H,14-17H2,1H3,(H2,31,32,35,37)/b13-7+. The van der Waals surface area contributed by atoms with E-state index in [2.05, 4.69) is 15.5 Å². The summed E-state index contributed by atoms with van der Waals surface area (Å²) in [5, 5.41) is 6.80. The predicted octanol–water partition coefficient (Wildman–Crippen LogP) is 5.79. The van der Waals surface area contributed by atoms with E-state index in [1.807, 2.05) is 60.4 Å². The topological polar surface area (TPSA) is 64.7 Å². The molecule has 37 heavy (non-hydrogen) atoms. The van der Waals surface area contributed by atoms with Crippen molar-refractivity contribution in [1.29, 1.82) is 0 Å². The van der Waals surface area contributed by atoms with Crippen molar-refractivity contribution in [3.05, 3.63) is 99.5 Å². The van der Waals surface area contributed by atoms with Crippen LogP contribution >= 0.6 is 35.4 Å². The van der Waals surface area contributed by atoms with Crippen molar-refractivity contribution in [1.82, 2.24) is 10.2 Å². The molecule has 0 saturated carbocycles. The van der Waals surface area contributed by atoms with Gasteiger partial charge in [0.2, 0.25) is 5.91 Å². The summed E-state index contributed by atoms with van der Waals surface area (Å²) in [7, 11) is 0. The molecule has 0 bridgehead atoms. The predicted molar refractivity (Wildman–Crippen MR) is 156 cm³/mol. The zero-order valence-electron chi connectivity index (χ0n) is 20.2. The number of rotatable bonds is 5. The van der Waals surface area contributed by atoms with Crippen LogP contribution in [0.1, 0.15) is 21.5 Å². The van der Waals surface area contributed by atoms with E-state index in [-0.39, 0.29) is 16.9 Å². The van der Waals surface area contributed by atoms with Crippen molar-refractivity contribution in [2.24, 2.45) is 0 Å². The van der Waals surface area contributed by atoms with Crippen LogP contribution in [0.4, 0.5) is 11.4 Å². The summed E-state index contributed by atoms with van der Waals surface area (Å²) in [5.74, 6) is -0.294. The van der Waals surface area contributed by atoms with E-state index in [4.69, 9.17) is 35.4 Å². The molecule has 1 saturated heterocycles. The van der Waals surface area contributed by atoms with E-state index >= 15 is 0 Å². The van der Waals surface area contributed by atoms with Crippen LogP contribution in [-0.2, 0) is 4.79 Å². The molecule has 0 radical (unpaired) electrons. The molecule has 6 nitrogen and oxygen atoms in total. The van der Waals surface area contributed by atoms with Gasteiger partial charge in [0, 0.05) is 59.2 Å². The van der Waals surface area contributed by atoms with Crippen LogP contribution in [0.3, 0.4) is 0 Å². The van der Waals surface area contributed by atoms with Gasteiger partial charge in [0.1, 0.15) is 0 Å². The molecule has 9 heteroatoms. The molecule has 1 fully saturated rings. The quantitative estimate of drug-likeness (QED) is 0.309. The molecule has 0 spiro atoms. The fraction of sp³-hybridized carbons (Fsp3) is 0.179. The van der Waals surface area contributed by atoms with Gasteiger partial charge >= 0.3 is 0 Å². The van der Waals surface area contributed by atoms with Crippen LogP contribution in [0, 0.1) is 6.92 Å². The summed E-state index contributed by atoms with van der Waals surface area (Å²) in [6, 6.07) is 20.5. The minimum absolute atomic E-state index is 0.0824. The average molecular weight is 554 g/mol. The Morgan fingerprint density at radius 3 is 2.32 bits per heavy atom. The fourth-order valence-corrected chi connectivity index (χ4v) is 4.71. The Balaban J connectivity index is 1.26. The van der Waals surface area contributed by atoms with Crippen LogP contribution in [0.2, 0.25) is 10.0 Å². The molecule has 2 amide bonds. The molecular weight excluding hydrogens is 527 g/mol. The number of benzene rings is 3. The molecule has 4 rings (SSSR count). The van der Waals surface area contributed by atoms with Crippen LogP contribution in [-0.4, -0.2) is 48.0 Å². The third-order valence-electron chi connectivity index (χ3n) is 6.05. The third kappa shape index (κ3) is 7.10. The minimum atomic E-state index is -0.377. The first-order valence-electron chi connectivity index (χ1n) is 11.7. The number of piperazine rings is 1. The summed E-state index contributed by atoms with van der Waals surface area (Å²) < 4.78 is 0. The summed E-state index contributed by atoms with van der Waals surface area (Å²) in [5.41, 5.74) is 4.25. The molecule has 3 aromatic carbocycles. The highest BCUT2D eigenvalue weighted by Gasteiger charge is 2.23. The summed E-state index contributed by atoms with van der Waals surface area (Å²) in [6.07, 6.45) is 2.95. The highest BCUT2D eigenvalue weighted by atomic mass is 35.5. The summed E-state index contributed by atoms with van der Waals surface area (Å²) in [4.78, 5) is 29.2. The zero-order chi connectivity index (χ0) is 26.4. The van der Waals surface area contributed by atoms with Gasteiger partial charge < -0.3 is 15.1 Å². The van der Waals surface area contributed by atoms with E-state index in [0.29, 0.717) is 28.7 Å². The SMILES string of the molecule is Cc1ccccc1C(=O)N1CCN(c2ccc(NC(=S)NC(=O)/C=C/c3ccc(Cl)cc3Cl)cc2)CC1. The smallest absolute Gasteiger partial charge is 0.254 e. The second kappa shape index (κ2) is 12.2. The molecular formula is C28H26Cl2N4O2S. The molecule has 0 aliphatic carbocycles. The molecule has 0 unspecified atom stereocenters. The second-order valence-electron chi connectivity index (χ2n) is 8.58. The Labute approximate surface area is 231 Å².